The Morgan fingerprint density at radius 1 is 1.32 bits per heavy atom. The number of aryl methyl sites for hydroxylation is 2. The molecule has 0 aliphatic rings. The molecule has 22 heavy (non-hydrogen) atoms. The van der Waals surface area contributed by atoms with Gasteiger partial charge in [0, 0.05) is 30.9 Å². The number of ether oxygens (including phenoxy) is 1. The molecule has 0 radical (unpaired) electrons. The van der Waals surface area contributed by atoms with Crippen LogP contribution in [-0.2, 0) is 6.54 Å². The van der Waals surface area contributed by atoms with E-state index >= 15 is 0 Å². The van der Waals surface area contributed by atoms with Crippen molar-refractivity contribution in [2.45, 2.75) is 19.9 Å². The first-order valence-corrected chi connectivity index (χ1v) is 7.42. The molecule has 0 bridgehead atoms. The molecule has 0 saturated carbocycles. The number of aromatic nitrogens is 3. The fourth-order valence-electron chi connectivity index (χ4n) is 2.54. The summed E-state index contributed by atoms with van der Waals surface area (Å²) in [5.41, 5.74) is 2.10. The molecule has 0 fully saturated rings. The monoisotopic (exact) mass is 296 g/mol. The largest absolute Gasteiger partial charge is 0.494 e. The van der Waals surface area contributed by atoms with Crippen molar-refractivity contribution in [1.29, 1.82) is 0 Å². The van der Waals surface area contributed by atoms with Crippen molar-refractivity contribution in [2.24, 2.45) is 0 Å². The van der Waals surface area contributed by atoms with Gasteiger partial charge in [0.05, 0.1) is 13.4 Å². The van der Waals surface area contributed by atoms with Gasteiger partial charge >= 0.3 is 0 Å². The van der Waals surface area contributed by atoms with Crippen molar-refractivity contribution < 1.29 is 4.74 Å². The summed E-state index contributed by atoms with van der Waals surface area (Å²) in [6.07, 6.45) is 6.63. The molecule has 5 nitrogen and oxygen atoms in total. The Morgan fingerprint density at radius 2 is 2.23 bits per heavy atom. The van der Waals surface area contributed by atoms with Crippen LogP contribution in [0.3, 0.4) is 0 Å². The standard InChI is InChI=1S/C17H20N4O/c1-13-11-16(19-7-4-9-21-10-8-18-12-21)20-17-14(13)5-3-6-15(17)22-2/h3,5-6,8,10-12H,4,7,9H2,1-2H3,(H,19,20). The molecule has 1 N–H and O–H groups in total. The highest BCUT2D eigenvalue weighted by atomic mass is 16.5. The zero-order chi connectivity index (χ0) is 15.4. The summed E-state index contributed by atoms with van der Waals surface area (Å²) < 4.78 is 7.48. The van der Waals surface area contributed by atoms with Gasteiger partial charge in [-0.25, -0.2) is 9.97 Å². The second kappa shape index (κ2) is 6.47. The summed E-state index contributed by atoms with van der Waals surface area (Å²) in [7, 11) is 1.68. The predicted molar refractivity (Wildman–Crippen MR) is 88.4 cm³/mol. The molecule has 0 unspecified atom stereocenters. The number of hydrogen-bond acceptors (Lipinski definition) is 4. The van der Waals surface area contributed by atoms with Crippen LogP contribution < -0.4 is 10.1 Å². The summed E-state index contributed by atoms with van der Waals surface area (Å²) in [6, 6.07) is 8.09. The van der Waals surface area contributed by atoms with Crippen LogP contribution in [0.25, 0.3) is 10.9 Å². The first-order valence-electron chi connectivity index (χ1n) is 7.42. The zero-order valence-corrected chi connectivity index (χ0v) is 12.9. The van der Waals surface area contributed by atoms with E-state index in [0.29, 0.717) is 0 Å². The quantitative estimate of drug-likeness (QED) is 0.709. The van der Waals surface area contributed by atoms with Gasteiger partial charge in [-0.15, -0.1) is 0 Å². The highest BCUT2D eigenvalue weighted by Gasteiger charge is 2.07. The van der Waals surface area contributed by atoms with Gasteiger partial charge in [0.1, 0.15) is 17.1 Å². The Hall–Kier alpha value is -2.56. The Kier molecular flexibility index (Phi) is 4.23. The molecule has 3 rings (SSSR count). The van der Waals surface area contributed by atoms with Crippen LogP contribution in [-0.4, -0.2) is 28.2 Å². The summed E-state index contributed by atoms with van der Waals surface area (Å²) in [5.74, 6) is 1.70. The number of rotatable bonds is 6. The maximum atomic E-state index is 5.41. The van der Waals surface area contributed by atoms with Crippen molar-refractivity contribution in [2.75, 3.05) is 19.0 Å². The van der Waals surface area contributed by atoms with Crippen LogP contribution in [0.2, 0.25) is 0 Å². The van der Waals surface area contributed by atoms with Crippen LogP contribution >= 0.6 is 0 Å². The lowest BCUT2D eigenvalue weighted by Gasteiger charge is -2.11. The summed E-state index contributed by atoms with van der Waals surface area (Å²) in [5, 5.41) is 4.52. The van der Waals surface area contributed by atoms with Crippen molar-refractivity contribution in [3.8, 4) is 5.75 Å². The zero-order valence-electron chi connectivity index (χ0n) is 12.9. The van der Waals surface area contributed by atoms with Crippen molar-refractivity contribution in [3.63, 3.8) is 0 Å². The lowest BCUT2D eigenvalue weighted by Crippen LogP contribution is -2.07. The molecule has 3 aromatic rings. The van der Waals surface area contributed by atoms with Gasteiger partial charge in [0.25, 0.3) is 0 Å². The summed E-state index contributed by atoms with van der Waals surface area (Å²) >= 11 is 0. The van der Waals surface area contributed by atoms with Crippen LogP contribution in [0.4, 0.5) is 5.82 Å². The molecule has 2 aromatic heterocycles. The average Bonchev–Trinajstić information content (AvgIpc) is 3.04. The number of nitrogens with one attached hydrogen (secondary N) is 1. The normalized spacial score (nSPS) is 10.8. The molecule has 0 spiro atoms. The lowest BCUT2D eigenvalue weighted by molar-refractivity contribution is 0.419. The molecular formula is C17H20N4O. The Labute approximate surface area is 130 Å². The average molecular weight is 296 g/mol. The Bertz CT molecular complexity index is 753. The van der Waals surface area contributed by atoms with E-state index < -0.39 is 0 Å². The highest BCUT2D eigenvalue weighted by Crippen LogP contribution is 2.27. The molecule has 1 aromatic carbocycles. The van der Waals surface area contributed by atoms with Crippen LogP contribution in [0.5, 0.6) is 5.75 Å². The van der Waals surface area contributed by atoms with E-state index in [0.717, 1.165) is 42.0 Å². The number of methoxy groups -OCH3 is 1. The van der Waals surface area contributed by atoms with E-state index in [1.165, 1.54) is 5.56 Å². The van der Waals surface area contributed by atoms with Gasteiger partial charge in [-0.05, 0) is 31.0 Å². The fraction of sp³-hybridized carbons (Fsp3) is 0.294. The van der Waals surface area contributed by atoms with Gasteiger partial charge in [-0.2, -0.15) is 0 Å². The predicted octanol–water partition coefficient (Wildman–Crippen LogP) is 3.25. The highest BCUT2D eigenvalue weighted by molar-refractivity contribution is 5.88. The minimum atomic E-state index is 0.808. The van der Waals surface area contributed by atoms with E-state index in [1.54, 1.807) is 13.3 Å². The Morgan fingerprint density at radius 3 is 3.00 bits per heavy atom. The first kappa shape index (κ1) is 14.4. The maximum absolute atomic E-state index is 5.41. The number of fused-ring (bicyclic) bond motifs is 1. The van der Waals surface area contributed by atoms with Gasteiger partial charge in [-0.1, -0.05) is 12.1 Å². The third-order valence-electron chi connectivity index (χ3n) is 3.69. The number of para-hydroxylation sites is 1. The second-order valence-electron chi connectivity index (χ2n) is 5.26. The van der Waals surface area contributed by atoms with E-state index in [2.05, 4.69) is 38.9 Å². The number of nitrogens with zero attached hydrogens (tertiary/aromatic N) is 3. The molecule has 114 valence electrons. The minimum absolute atomic E-state index is 0.808. The molecule has 2 heterocycles. The van der Waals surface area contributed by atoms with Crippen LogP contribution in [0, 0.1) is 6.92 Å². The van der Waals surface area contributed by atoms with Gasteiger partial charge < -0.3 is 14.6 Å². The molecule has 0 amide bonds. The maximum Gasteiger partial charge on any atom is 0.145 e. The molecule has 5 heteroatoms. The topological polar surface area (TPSA) is 52.0 Å². The van der Waals surface area contributed by atoms with Crippen molar-refractivity contribution in [1.82, 2.24) is 14.5 Å². The van der Waals surface area contributed by atoms with Crippen LogP contribution in [0.1, 0.15) is 12.0 Å². The van der Waals surface area contributed by atoms with Crippen molar-refractivity contribution in [3.05, 3.63) is 48.5 Å². The van der Waals surface area contributed by atoms with Gasteiger partial charge in [0.15, 0.2) is 0 Å². The molecule has 0 aliphatic heterocycles. The lowest BCUT2D eigenvalue weighted by atomic mass is 10.1. The first-order chi connectivity index (χ1) is 10.8. The number of pyridine rings is 1. The molecular weight excluding hydrogens is 276 g/mol. The Balaban J connectivity index is 1.71. The minimum Gasteiger partial charge on any atom is -0.494 e. The third-order valence-corrected chi connectivity index (χ3v) is 3.69. The van der Waals surface area contributed by atoms with E-state index in [9.17, 15) is 0 Å². The number of imidazole rings is 1. The van der Waals surface area contributed by atoms with Gasteiger partial charge in [-0.3, -0.25) is 0 Å². The molecule has 0 aliphatic carbocycles. The molecule has 0 atom stereocenters. The van der Waals surface area contributed by atoms with Crippen LogP contribution in [0.15, 0.2) is 43.0 Å². The number of anilines is 1. The van der Waals surface area contributed by atoms with E-state index in [4.69, 9.17) is 4.74 Å². The van der Waals surface area contributed by atoms with Gasteiger partial charge in [0.2, 0.25) is 0 Å². The smallest absolute Gasteiger partial charge is 0.145 e. The third kappa shape index (κ3) is 3.03. The molecule has 0 saturated heterocycles. The fourth-order valence-corrected chi connectivity index (χ4v) is 2.54. The number of benzene rings is 1. The SMILES string of the molecule is COc1cccc2c(C)cc(NCCCn3ccnc3)nc12. The number of hydrogen-bond donors (Lipinski definition) is 1. The van der Waals surface area contributed by atoms with E-state index in [1.807, 2.05) is 24.7 Å². The van der Waals surface area contributed by atoms with Crippen molar-refractivity contribution >= 4 is 16.7 Å². The van der Waals surface area contributed by atoms with E-state index in [-0.39, 0.29) is 0 Å². The second-order valence-corrected chi connectivity index (χ2v) is 5.26. The summed E-state index contributed by atoms with van der Waals surface area (Å²) in [4.78, 5) is 8.73. The summed E-state index contributed by atoms with van der Waals surface area (Å²) in [6.45, 7) is 3.91.